The molecular weight excluding hydrogens is 428 g/mol. The van der Waals surface area contributed by atoms with E-state index in [0.717, 1.165) is 28.7 Å². The fourth-order valence-corrected chi connectivity index (χ4v) is 4.38. The van der Waals surface area contributed by atoms with Crippen molar-refractivity contribution in [1.82, 2.24) is 4.98 Å². The van der Waals surface area contributed by atoms with Gasteiger partial charge in [0.1, 0.15) is 17.2 Å². The van der Waals surface area contributed by atoms with E-state index in [-0.39, 0.29) is 17.1 Å². The number of fused-ring (bicyclic) bond motifs is 2. The van der Waals surface area contributed by atoms with Crippen molar-refractivity contribution in [1.29, 1.82) is 0 Å². The van der Waals surface area contributed by atoms with Crippen molar-refractivity contribution >= 4 is 22.7 Å². The second-order valence-electron chi connectivity index (χ2n) is 8.80. The van der Waals surface area contributed by atoms with Crippen LogP contribution >= 0.6 is 0 Å². The highest BCUT2D eigenvalue weighted by Gasteiger charge is 2.44. The highest BCUT2D eigenvalue weighted by Crippen LogP contribution is 2.41. The van der Waals surface area contributed by atoms with Gasteiger partial charge < -0.3 is 9.15 Å². The van der Waals surface area contributed by atoms with Crippen LogP contribution in [0.1, 0.15) is 57.8 Å². The largest absolute Gasteiger partial charge is 0.494 e. The lowest BCUT2D eigenvalue weighted by Crippen LogP contribution is -2.30. The molecule has 6 nitrogen and oxygen atoms in total. The van der Waals surface area contributed by atoms with Gasteiger partial charge in [0.25, 0.3) is 5.91 Å². The molecule has 5 rings (SSSR count). The van der Waals surface area contributed by atoms with Gasteiger partial charge in [0.05, 0.1) is 23.6 Å². The van der Waals surface area contributed by atoms with Crippen molar-refractivity contribution < 1.29 is 13.9 Å². The summed E-state index contributed by atoms with van der Waals surface area (Å²) in [5, 5.41) is 0.469. The quantitative estimate of drug-likeness (QED) is 0.390. The van der Waals surface area contributed by atoms with Crippen molar-refractivity contribution in [2.75, 3.05) is 11.5 Å². The molecule has 3 heterocycles. The maximum absolute atomic E-state index is 13.8. The number of pyridine rings is 1. The number of hydrogen-bond donors (Lipinski definition) is 0. The standard InChI is InChI=1S/C28H26N2O4/c1-5-11-33-20-8-6-7-19(14-20)25-24-26(31)21-12-17(3)18(4)13-22(21)34-27(24)28(32)30(25)23-10-9-16(2)15-29-23/h6-10,12-15,25H,5,11H2,1-4H3. The zero-order valence-corrected chi connectivity index (χ0v) is 19.7. The number of ether oxygens (including phenoxy) is 1. The summed E-state index contributed by atoms with van der Waals surface area (Å²) in [5.41, 5.74) is 4.27. The maximum atomic E-state index is 13.8. The van der Waals surface area contributed by atoms with Gasteiger partial charge >= 0.3 is 0 Å². The number of carbonyl (C=O) groups excluding carboxylic acids is 1. The Morgan fingerprint density at radius 2 is 1.82 bits per heavy atom. The first kappa shape index (κ1) is 21.9. The molecule has 4 aromatic rings. The molecule has 0 saturated heterocycles. The van der Waals surface area contributed by atoms with Crippen LogP contribution in [0.2, 0.25) is 0 Å². The summed E-state index contributed by atoms with van der Waals surface area (Å²) in [6.07, 6.45) is 2.59. The first-order chi connectivity index (χ1) is 16.4. The molecule has 0 N–H and O–H groups in total. The highest BCUT2D eigenvalue weighted by atomic mass is 16.5. The first-order valence-corrected chi connectivity index (χ1v) is 11.5. The van der Waals surface area contributed by atoms with Crippen LogP contribution in [0.4, 0.5) is 5.82 Å². The number of amides is 1. The summed E-state index contributed by atoms with van der Waals surface area (Å²) in [6.45, 7) is 8.47. The van der Waals surface area contributed by atoms with E-state index in [4.69, 9.17) is 9.15 Å². The first-order valence-electron chi connectivity index (χ1n) is 11.5. The van der Waals surface area contributed by atoms with Crippen LogP contribution in [0.3, 0.4) is 0 Å². The van der Waals surface area contributed by atoms with E-state index in [9.17, 15) is 9.59 Å². The van der Waals surface area contributed by atoms with Crippen LogP contribution < -0.4 is 15.1 Å². The van der Waals surface area contributed by atoms with E-state index in [1.807, 2.05) is 70.2 Å². The zero-order valence-electron chi connectivity index (χ0n) is 19.7. The van der Waals surface area contributed by atoms with Crippen LogP contribution in [0.25, 0.3) is 11.0 Å². The third kappa shape index (κ3) is 3.55. The summed E-state index contributed by atoms with van der Waals surface area (Å²) in [4.78, 5) is 33.6. The Balaban J connectivity index is 1.77. The van der Waals surface area contributed by atoms with Crippen molar-refractivity contribution in [3.8, 4) is 5.75 Å². The van der Waals surface area contributed by atoms with Crippen molar-refractivity contribution in [2.45, 2.75) is 40.2 Å². The molecule has 1 atom stereocenters. The number of anilines is 1. The molecule has 0 bridgehead atoms. The minimum absolute atomic E-state index is 0.0630. The Morgan fingerprint density at radius 1 is 1.03 bits per heavy atom. The number of rotatable bonds is 5. The van der Waals surface area contributed by atoms with Gasteiger partial charge in [0, 0.05) is 6.20 Å². The minimum atomic E-state index is -0.676. The lowest BCUT2D eigenvalue weighted by Gasteiger charge is -2.24. The predicted octanol–water partition coefficient (Wildman–Crippen LogP) is 5.65. The topological polar surface area (TPSA) is 72.6 Å². The van der Waals surface area contributed by atoms with Crippen LogP contribution in [-0.4, -0.2) is 17.5 Å². The smallest absolute Gasteiger partial charge is 0.296 e. The molecule has 172 valence electrons. The van der Waals surface area contributed by atoms with E-state index in [1.54, 1.807) is 17.2 Å². The number of aryl methyl sites for hydroxylation is 3. The molecule has 1 aliphatic rings. The number of hydrogen-bond acceptors (Lipinski definition) is 5. The average Bonchev–Trinajstić information content (AvgIpc) is 3.12. The lowest BCUT2D eigenvalue weighted by atomic mass is 9.97. The van der Waals surface area contributed by atoms with Crippen molar-refractivity contribution in [3.63, 3.8) is 0 Å². The zero-order chi connectivity index (χ0) is 24.0. The SMILES string of the molecule is CCCOc1cccc(C2c3c(oc4cc(C)c(C)cc4c3=O)C(=O)N2c2ccc(C)cn2)c1. The monoisotopic (exact) mass is 454 g/mol. The van der Waals surface area contributed by atoms with E-state index in [2.05, 4.69) is 4.98 Å². The number of carbonyl (C=O) groups is 1. The van der Waals surface area contributed by atoms with E-state index in [0.29, 0.717) is 34.7 Å². The molecule has 0 aliphatic carbocycles. The van der Waals surface area contributed by atoms with Crippen molar-refractivity contribution in [2.24, 2.45) is 0 Å². The molecule has 1 aliphatic heterocycles. The van der Waals surface area contributed by atoms with Gasteiger partial charge in [-0.1, -0.05) is 25.1 Å². The summed E-state index contributed by atoms with van der Waals surface area (Å²) < 4.78 is 11.9. The summed E-state index contributed by atoms with van der Waals surface area (Å²) in [7, 11) is 0. The Hall–Kier alpha value is -3.93. The molecule has 0 saturated carbocycles. The van der Waals surface area contributed by atoms with Gasteiger partial charge in [-0.3, -0.25) is 14.5 Å². The fraction of sp³-hybridized carbons (Fsp3) is 0.250. The van der Waals surface area contributed by atoms with Crippen LogP contribution in [0.15, 0.2) is 63.9 Å². The van der Waals surface area contributed by atoms with E-state index in [1.165, 1.54) is 0 Å². The number of nitrogens with zero attached hydrogens (tertiary/aromatic N) is 2. The summed E-state index contributed by atoms with van der Waals surface area (Å²) in [6, 6.07) is 14.2. The second-order valence-corrected chi connectivity index (χ2v) is 8.80. The fourth-order valence-electron chi connectivity index (χ4n) is 4.38. The third-order valence-corrected chi connectivity index (χ3v) is 6.28. The Morgan fingerprint density at radius 3 is 2.56 bits per heavy atom. The normalized spacial score (nSPS) is 15.1. The van der Waals surface area contributed by atoms with Crippen LogP contribution in [-0.2, 0) is 0 Å². The van der Waals surface area contributed by atoms with Gasteiger partial charge in [-0.15, -0.1) is 0 Å². The molecule has 1 unspecified atom stereocenters. The Kier molecular flexibility index (Phi) is 5.44. The van der Waals surface area contributed by atoms with Gasteiger partial charge in [-0.25, -0.2) is 4.98 Å². The predicted molar refractivity (Wildman–Crippen MR) is 132 cm³/mol. The molecule has 2 aromatic heterocycles. The van der Waals surface area contributed by atoms with Crippen LogP contribution in [0.5, 0.6) is 5.75 Å². The Labute approximate surface area is 197 Å². The number of aromatic nitrogens is 1. The van der Waals surface area contributed by atoms with Gasteiger partial charge in [0.15, 0.2) is 5.43 Å². The average molecular weight is 455 g/mol. The second kappa shape index (κ2) is 8.45. The third-order valence-electron chi connectivity index (χ3n) is 6.28. The number of benzene rings is 2. The summed E-state index contributed by atoms with van der Waals surface area (Å²) >= 11 is 0. The molecule has 6 heteroatoms. The lowest BCUT2D eigenvalue weighted by molar-refractivity contribution is 0.0970. The minimum Gasteiger partial charge on any atom is -0.494 e. The summed E-state index contributed by atoms with van der Waals surface area (Å²) in [5.74, 6) is 0.831. The van der Waals surface area contributed by atoms with E-state index >= 15 is 0 Å². The Bertz CT molecular complexity index is 1470. The molecule has 2 aromatic carbocycles. The van der Waals surface area contributed by atoms with Gasteiger partial charge in [-0.05, 0) is 79.8 Å². The molecule has 0 spiro atoms. The molecule has 0 radical (unpaired) electrons. The van der Waals surface area contributed by atoms with Gasteiger partial charge in [-0.2, -0.15) is 0 Å². The van der Waals surface area contributed by atoms with E-state index < -0.39 is 6.04 Å². The van der Waals surface area contributed by atoms with Crippen LogP contribution in [0, 0.1) is 20.8 Å². The van der Waals surface area contributed by atoms with Gasteiger partial charge in [0.2, 0.25) is 5.76 Å². The maximum Gasteiger partial charge on any atom is 0.296 e. The molecular formula is C28H26N2O4. The van der Waals surface area contributed by atoms with Crippen molar-refractivity contribution in [3.05, 3.63) is 98.5 Å². The molecule has 34 heavy (non-hydrogen) atoms. The molecule has 0 fully saturated rings. The molecule has 1 amide bonds. The highest BCUT2D eigenvalue weighted by molar-refractivity contribution is 6.10.